The third-order valence-corrected chi connectivity index (χ3v) is 4.79. The topological polar surface area (TPSA) is 72.6 Å². The first-order chi connectivity index (χ1) is 12.7. The van der Waals surface area contributed by atoms with Gasteiger partial charge in [-0.2, -0.15) is 4.52 Å². The zero-order valence-corrected chi connectivity index (χ0v) is 14.8. The maximum absolute atomic E-state index is 12.5. The van der Waals surface area contributed by atoms with Gasteiger partial charge in [0.05, 0.1) is 7.11 Å². The molecule has 0 spiro atoms. The van der Waals surface area contributed by atoms with Crippen molar-refractivity contribution in [1.82, 2.24) is 24.7 Å². The molecule has 4 rings (SSSR count). The van der Waals surface area contributed by atoms with Crippen molar-refractivity contribution < 1.29 is 9.53 Å². The highest BCUT2D eigenvalue weighted by atomic mass is 16.5. The number of aryl methyl sites for hydroxylation is 1. The minimum absolute atomic E-state index is 0.193. The standard InChI is InChI=1S/C19H21N5O2/c1-26-18-10-9-17-21-20-16(24(17)22-18)7-4-8-19(25)23-12-11-14-5-2-3-6-15(14)13-23/h2-3,5-6,9-10H,4,7-8,11-13H2,1H3. The molecule has 0 unspecified atom stereocenters. The second-order valence-electron chi connectivity index (χ2n) is 6.45. The molecule has 2 aromatic heterocycles. The van der Waals surface area contributed by atoms with Gasteiger partial charge in [0.1, 0.15) is 0 Å². The highest BCUT2D eigenvalue weighted by Gasteiger charge is 2.20. The van der Waals surface area contributed by atoms with Crippen LogP contribution in [0.1, 0.15) is 29.8 Å². The molecule has 7 nitrogen and oxygen atoms in total. The molecule has 1 amide bonds. The summed E-state index contributed by atoms with van der Waals surface area (Å²) in [6.07, 6.45) is 2.80. The van der Waals surface area contributed by atoms with E-state index in [0.717, 1.165) is 25.2 Å². The van der Waals surface area contributed by atoms with Crippen LogP contribution in [0.5, 0.6) is 5.88 Å². The van der Waals surface area contributed by atoms with Crippen LogP contribution in [0.2, 0.25) is 0 Å². The number of ether oxygens (including phenoxy) is 1. The van der Waals surface area contributed by atoms with Crippen LogP contribution in [-0.4, -0.2) is 44.3 Å². The van der Waals surface area contributed by atoms with Gasteiger partial charge in [-0.15, -0.1) is 15.3 Å². The van der Waals surface area contributed by atoms with E-state index in [0.29, 0.717) is 30.9 Å². The molecule has 0 radical (unpaired) electrons. The SMILES string of the molecule is COc1ccc2nnc(CCCC(=O)N3CCc4ccccc4C3)n2n1. The fraction of sp³-hybridized carbons (Fsp3) is 0.368. The molecule has 0 atom stereocenters. The molecule has 1 aromatic carbocycles. The number of methoxy groups -OCH3 is 1. The van der Waals surface area contributed by atoms with E-state index in [9.17, 15) is 4.79 Å². The number of carbonyl (C=O) groups is 1. The second-order valence-corrected chi connectivity index (χ2v) is 6.45. The van der Waals surface area contributed by atoms with E-state index >= 15 is 0 Å². The number of amides is 1. The van der Waals surface area contributed by atoms with Crippen molar-refractivity contribution in [2.75, 3.05) is 13.7 Å². The monoisotopic (exact) mass is 351 g/mol. The lowest BCUT2D eigenvalue weighted by molar-refractivity contribution is -0.132. The Morgan fingerprint density at radius 2 is 2.00 bits per heavy atom. The Kier molecular flexibility index (Phi) is 4.51. The predicted octanol–water partition coefficient (Wildman–Crippen LogP) is 2.04. The Labute approximate surface area is 151 Å². The molecule has 3 aromatic rings. The Bertz CT molecular complexity index is 937. The van der Waals surface area contributed by atoms with Gasteiger partial charge in [0.2, 0.25) is 11.8 Å². The van der Waals surface area contributed by atoms with E-state index in [1.54, 1.807) is 17.7 Å². The minimum atomic E-state index is 0.193. The molecule has 0 N–H and O–H groups in total. The molecular formula is C19H21N5O2. The van der Waals surface area contributed by atoms with Crippen LogP contribution in [0.4, 0.5) is 0 Å². The van der Waals surface area contributed by atoms with E-state index < -0.39 is 0 Å². The number of fused-ring (bicyclic) bond motifs is 2. The maximum Gasteiger partial charge on any atom is 0.231 e. The van der Waals surface area contributed by atoms with Gasteiger partial charge in [0, 0.05) is 32.0 Å². The van der Waals surface area contributed by atoms with E-state index in [1.165, 1.54) is 11.1 Å². The van der Waals surface area contributed by atoms with Crippen molar-refractivity contribution in [3.63, 3.8) is 0 Å². The molecule has 0 saturated heterocycles. The lowest BCUT2D eigenvalue weighted by Crippen LogP contribution is -2.35. The molecule has 1 aliphatic heterocycles. The van der Waals surface area contributed by atoms with Crippen LogP contribution in [-0.2, 0) is 24.2 Å². The third kappa shape index (κ3) is 3.24. The summed E-state index contributed by atoms with van der Waals surface area (Å²) in [5.74, 6) is 1.45. The Morgan fingerprint density at radius 1 is 1.15 bits per heavy atom. The normalized spacial score (nSPS) is 13.7. The average molecular weight is 351 g/mol. The summed E-state index contributed by atoms with van der Waals surface area (Å²) in [5.41, 5.74) is 3.29. The highest BCUT2D eigenvalue weighted by molar-refractivity contribution is 5.76. The quantitative estimate of drug-likeness (QED) is 0.703. The molecule has 0 saturated carbocycles. The van der Waals surface area contributed by atoms with Crippen LogP contribution >= 0.6 is 0 Å². The van der Waals surface area contributed by atoms with E-state index in [-0.39, 0.29) is 5.91 Å². The molecule has 26 heavy (non-hydrogen) atoms. The summed E-state index contributed by atoms with van der Waals surface area (Å²) in [6.45, 7) is 1.50. The summed E-state index contributed by atoms with van der Waals surface area (Å²) in [4.78, 5) is 14.5. The molecule has 134 valence electrons. The predicted molar refractivity (Wildman–Crippen MR) is 95.8 cm³/mol. The Hall–Kier alpha value is -2.96. The van der Waals surface area contributed by atoms with Gasteiger partial charge in [0.15, 0.2) is 11.5 Å². The van der Waals surface area contributed by atoms with Crippen molar-refractivity contribution in [2.45, 2.75) is 32.2 Å². The first-order valence-electron chi connectivity index (χ1n) is 8.84. The molecule has 0 fully saturated rings. The Balaban J connectivity index is 1.36. The fourth-order valence-corrected chi connectivity index (χ4v) is 3.35. The second kappa shape index (κ2) is 7.11. The number of rotatable bonds is 5. The highest BCUT2D eigenvalue weighted by Crippen LogP contribution is 2.19. The van der Waals surface area contributed by atoms with E-state index in [2.05, 4.69) is 33.5 Å². The minimum Gasteiger partial charge on any atom is -0.480 e. The number of carbonyl (C=O) groups excluding carboxylic acids is 1. The first-order valence-corrected chi connectivity index (χ1v) is 8.84. The van der Waals surface area contributed by atoms with Gasteiger partial charge in [-0.1, -0.05) is 24.3 Å². The fourth-order valence-electron chi connectivity index (χ4n) is 3.35. The van der Waals surface area contributed by atoms with Crippen LogP contribution in [0.15, 0.2) is 36.4 Å². The van der Waals surface area contributed by atoms with Gasteiger partial charge < -0.3 is 9.64 Å². The number of hydrogen-bond acceptors (Lipinski definition) is 5. The van der Waals surface area contributed by atoms with Crippen molar-refractivity contribution in [3.05, 3.63) is 53.3 Å². The van der Waals surface area contributed by atoms with Crippen molar-refractivity contribution in [2.24, 2.45) is 0 Å². The van der Waals surface area contributed by atoms with Gasteiger partial charge in [-0.05, 0) is 30.0 Å². The van der Waals surface area contributed by atoms with Gasteiger partial charge in [-0.25, -0.2) is 0 Å². The molecular weight excluding hydrogens is 330 g/mol. The summed E-state index contributed by atoms with van der Waals surface area (Å²) >= 11 is 0. The summed E-state index contributed by atoms with van der Waals surface area (Å²) < 4.78 is 6.83. The van der Waals surface area contributed by atoms with Crippen LogP contribution in [0.25, 0.3) is 5.65 Å². The molecule has 1 aliphatic rings. The van der Waals surface area contributed by atoms with Crippen LogP contribution < -0.4 is 4.74 Å². The zero-order valence-electron chi connectivity index (χ0n) is 14.8. The zero-order chi connectivity index (χ0) is 17.9. The smallest absolute Gasteiger partial charge is 0.231 e. The van der Waals surface area contributed by atoms with Gasteiger partial charge in [-0.3, -0.25) is 4.79 Å². The third-order valence-electron chi connectivity index (χ3n) is 4.79. The lowest BCUT2D eigenvalue weighted by atomic mass is 9.99. The largest absolute Gasteiger partial charge is 0.480 e. The molecule has 7 heteroatoms. The molecule has 0 aliphatic carbocycles. The van der Waals surface area contributed by atoms with Gasteiger partial charge >= 0.3 is 0 Å². The Morgan fingerprint density at radius 3 is 2.85 bits per heavy atom. The van der Waals surface area contributed by atoms with Crippen molar-refractivity contribution in [1.29, 1.82) is 0 Å². The van der Waals surface area contributed by atoms with E-state index in [4.69, 9.17) is 4.74 Å². The van der Waals surface area contributed by atoms with Gasteiger partial charge in [0.25, 0.3) is 0 Å². The lowest BCUT2D eigenvalue weighted by Gasteiger charge is -2.29. The first kappa shape index (κ1) is 16.5. The van der Waals surface area contributed by atoms with E-state index in [1.807, 2.05) is 17.0 Å². The van der Waals surface area contributed by atoms with Crippen LogP contribution in [0, 0.1) is 0 Å². The number of aromatic nitrogens is 4. The summed E-state index contributed by atoms with van der Waals surface area (Å²) in [7, 11) is 1.58. The molecule has 0 bridgehead atoms. The summed E-state index contributed by atoms with van der Waals surface area (Å²) in [6, 6.07) is 11.9. The van der Waals surface area contributed by atoms with Crippen molar-refractivity contribution >= 4 is 11.6 Å². The molecule has 3 heterocycles. The van der Waals surface area contributed by atoms with Crippen molar-refractivity contribution in [3.8, 4) is 5.88 Å². The number of nitrogens with zero attached hydrogens (tertiary/aromatic N) is 5. The summed E-state index contributed by atoms with van der Waals surface area (Å²) in [5, 5.41) is 12.6. The number of hydrogen-bond donors (Lipinski definition) is 0. The number of benzene rings is 1. The average Bonchev–Trinajstić information content (AvgIpc) is 3.09. The maximum atomic E-state index is 12.5. The van der Waals surface area contributed by atoms with Crippen LogP contribution in [0.3, 0.4) is 0 Å².